The summed E-state index contributed by atoms with van der Waals surface area (Å²) in [7, 11) is 0. The maximum Gasteiger partial charge on any atom is 0.246 e. The van der Waals surface area contributed by atoms with Crippen LogP contribution in [-0.2, 0) is 9.53 Å². The molecule has 4 nitrogen and oxygen atoms in total. The quantitative estimate of drug-likeness (QED) is 0.711. The van der Waals surface area contributed by atoms with E-state index < -0.39 is 0 Å². The molecule has 1 atom stereocenters. The summed E-state index contributed by atoms with van der Waals surface area (Å²) in [6.07, 6.45) is 0. The zero-order valence-corrected chi connectivity index (χ0v) is 9.55. The highest BCUT2D eigenvalue weighted by Gasteiger charge is 2.09. The molecule has 0 spiro atoms. The Morgan fingerprint density at radius 2 is 2.53 bits per heavy atom. The number of rotatable bonds is 6. The van der Waals surface area contributed by atoms with Gasteiger partial charge in [-0.25, -0.2) is 0 Å². The topological polar surface area (TPSA) is 64.3 Å². The predicted octanol–water partition coefficient (Wildman–Crippen LogP) is 0.901. The standard InChI is InChI=1S/C10H16N2O2S/c1-8(9-3-2-6-15-9)12-10(13)7-14-5-4-11/h2-3,6,8H,4-5,7,11H2,1H3,(H,12,13)/t8-/m1/s1. The number of hydrogen-bond acceptors (Lipinski definition) is 4. The third-order valence-electron chi connectivity index (χ3n) is 1.84. The van der Waals surface area contributed by atoms with E-state index in [1.807, 2.05) is 24.4 Å². The van der Waals surface area contributed by atoms with Crippen LogP contribution in [0.15, 0.2) is 17.5 Å². The highest BCUT2D eigenvalue weighted by molar-refractivity contribution is 7.10. The number of nitrogens with two attached hydrogens (primary N) is 1. The van der Waals surface area contributed by atoms with Crippen LogP contribution in [0.25, 0.3) is 0 Å². The summed E-state index contributed by atoms with van der Waals surface area (Å²) in [5, 5.41) is 4.84. The highest BCUT2D eigenvalue weighted by atomic mass is 32.1. The van der Waals surface area contributed by atoms with Crippen molar-refractivity contribution < 1.29 is 9.53 Å². The molecule has 1 rings (SSSR count). The van der Waals surface area contributed by atoms with Gasteiger partial charge in [0.15, 0.2) is 0 Å². The fourth-order valence-electron chi connectivity index (χ4n) is 1.14. The number of ether oxygens (including phenoxy) is 1. The van der Waals surface area contributed by atoms with Gasteiger partial charge in [0.1, 0.15) is 6.61 Å². The number of amides is 1. The van der Waals surface area contributed by atoms with E-state index in [0.29, 0.717) is 13.2 Å². The van der Waals surface area contributed by atoms with Crippen LogP contribution in [0, 0.1) is 0 Å². The Hall–Kier alpha value is -0.910. The minimum atomic E-state index is -0.107. The average molecular weight is 228 g/mol. The van der Waals surface area contributed by atoms with Crippen LogP contribution >= 0.6 is 11.3 Å². The third kappa shape index (κ3) is 4.42. The number of nitrogens with one attached hydrogen (secondary N) is 1. The summed E-state index contributed by atoms with van der Waals surface area (Å²) in [5.41, 5.74) is 5.24. The van der Waals surface area contributed by atoms with Crippen molar-refractivity contribution in [3.8, 4) is 0 Å². The van der Waals surface area contributed by atoms with E-state index >= 15 is 0 Å². The smallest absolute Gasteiger partial charge is 0.246 e. The van der Waals surface area contributed by atoms with Crippen LogP contribution < -0.4 is 11.1 Å². The number of carbonyl (C=O) groups excluding carboxylic acids is 1. The maximum atomic E-state index is 11.4. The van der Waals surface area contributed by atoms with E-state index in [0.717, 1.165) is 4.88 Å². The van der Waals surface area contributed by atoms with Gasteiger partial charge in [-0.2, -0.15) is 0 Å². The molecule has 0 unspecified atom stereocenters. The maximum absolute atomic E-state index is 11.4. The molecule has 1 amide bonds. The van der Waals surface area contributed by atoms with Gasteiger partial charge in [-0.15, -0.1) is 11.3 Å². The molecule has 3 N–H and O–H groups in total. The molecular weight excluding hydrogens is 212 g/mol. The second-order valence-corrected chi connectivity index (χ2v) is 4.13. The fraction of sp³-hybridized carbons (Fsp3) is 0.500. The van der Waals surface area contributed by atoms with Crippen LogP contribution in [0.3, 0.4) is 0 Å². The predicted molar refractivity (Wildman–Crippen MR) is 60.8 cm³/mol. The summed E-state index contributed by atoms with van der Waals surface area (Å²) in [4.78, 5) is 12.5. The van der Waals surface area contributed by atoms with Crippen LogP contribution in [-0.4, -0.2) is 25.7 Å². The van der Waals surface area contributed by atoms with Gasteiger partial charge in [-0.05, 0) is 18.4 Å². The first-order valence-electron chi connectivity index (χ1n) is 4.84. The number of thiophene rings is 1. The second-order valence-electron chi connectivity index (χ2n) is 3.15. The van der Waals surface area contributed by atoms with Crippen LogP contribution in [0.4, 0.5) is 0 Å². The molecule has 0 fully saturated rings. The molecule has 1 aromatic rings. The molecule has 0 aliphatic carbocycles. The number of carbonyl (C=O) groups is 1. The summed E-state index contributed by atoms with van der Waals surface area (Å²) < 4.78 is 5.03. The SMILES string of the molecule is C[C@@H](NC(=O)COCCN)c1cccs1. The fourth-order valence-corrected chi connectivity index (χ4v) is 1.87. The average Bonchev–Trinajstić information content (AvgIpc) is 2.70. The van der Waals surface area contributed by atoms with E-state index in [2.05, 4.69) is 5.32 Å². The molecule has 0 aliphatic heterocycles. The Morgan fingerprint density at radius 1 is 1.73 bits per heavy atom. The molecule has 0 aliphatic rings. The largest absolute Gasteiger partial charge is 0.370 e. The minimum absolute atomic E-state index is 0.0407. The minimum Gasteiger partial charge on any atom is -0.370 e. The van der Waals surface area contributed by atoms with E-state index in [4.69, 9.17) is 10.5 Å². The normalized spacial score (nSPS) is 12.4. The van der Waals surface area contributed by atoms with Gasteiger partial charge in [-0.3, -0.25) is 4.79 Å². The molecule has 5 heteroatoms. The van der Waals surface area contributed by atoms with Crippen molar-refractivity contribution in [3.05, 3.63) is 22.4 Å². The van der Waals surface area contributed by atoms with Crippen molar-refractivity contribution in [1.82, 2.24) is 5.32 Å². The lowest BCUT2D eigenvalue weighted by atomic mass is 10.3. The molecule has 0 aromatic carbocycles. The van der Waals surface area contributed by atoms with E-state index in [1.165, 1.54) is 0 Å². The van der Waals surface area contributed by atoms with Gasteiger partial charge in [0.2, 0.25) is 5.91 Å². The summed E-state index contributed by atoms with van der Waals surface area (Å²) in [6.45, 7) is 2.88. The van der Waals surface area contributed by atoms with Gasteiger partial charge in [0.05, 0.1) is 12.6 Å². The molecule has 0 saturated heterocycles. The lowest BCUT2D eigenvalue weighted by Crippen LogP contribution is -2.30. The van der Waals surface area contributed by atoms with Crippen molar-refractivity contribution in [2.75, 3.05) is 19.8 Å². The van der Waals surface area contributed by atoms with Gasteiger partial charge < -0.3 is 15.8 Å². The first kappa shape index (κ1) is 12.2. The van der Waals surface area contributed by atoms with Gasteiger partial charge >= 0.3 is 0 Å². The second kappa shape index (κ2) is 6.55. The first-order chi connectivity index (χ1) is 7.24. The zero-order chi connectivity index (χ0) is 11.1. The number of hydrogen-bond donors (Lipinski definition) is 2. The Kier molecular flexibility index (Phi) is 5.31. The molecular formula is C10H16N2O2S. The summed E-state index contributed by atoms with van der Waals surface area (Å²) in [5.74, 6) is -0.107. The lowest BCUT2D eigenvalue weighted by molar-refractivity contribution is -0.126. The van der Waals surface area contributed by atoms with Crippen molar-refractivity contribution >= 4 is 17.2 Å². The van der Waals surface area contributed by atoms with Crippen molar-refractivity contribution in [1.29, 1.82) is 0 Å². The monoisotopic (exact) mass is 228 g/mol. The molecule has 0 radical (unpaired) electrons. The van der Waals surface area contributed by atoms with Crippen molar-refractivity contribution in [2.45, 2.75) is 13.0 Å². The van der Waals surface area contributed by atoms with Gasteiger partial charge in [0.25, 0.3) is 0 Å². The van der Waals surface area contributed by atoms with Crippen molar-refractivity contribution in [2.24, 2.45) is 5.73 Å². The Balaban J connectivity index is 2.26. The van der Waals surface area contributed by atoms with Gasteiger partial charge in [-0.1, -0.05) is 6.07 Å². The molecule has 15 heavy (non-hydrogen) atoms. The van der Waals surface area contributed by atoms with E-state index in [9.17, 15) is 4.79 Å². The lowest BCUT2D eigenvalue weighted by Gasteiger charge is -2.11. The van der Waals surface area contributed by atoms with Crippen LogP contribution in [0.1, 0.15) is 17.8 Å². The Morgan fingerprint density at radius 3 is 3.13 bits per heavy atom. The molecule has 1 aromatic heterocycles. The van der Waals surface area contributed by atoms with Gasteiger partial charge in [0, 0.05) is 11.4 Å². The molecule has 0 saturated carbocycles. The highest BCUT2D eigenvalue weighted by Crippen LogP contribution is 2.17. The molecule has 84 valence electrons. The van der Waals surface area contributed by atoms with E-state index in [-0.39, 0.29) is 18.6 Å². The Bertz CT molecular complexity index is 288. The first-order valence-corrected chi connectivity index (χ1v) is 5.72. The van der Waals surface area contributed by atoms with E-state index in [1.54, 1.807) is 11.3 Å². The molecule has 1 heterocycles. The zero-order valence-electron chi connectivity index (χ0n) is 8.73. The van der Waals surface area contributed by atoms with Crippen LogP contribution in [0.5, 0.6) is 0 Å². The van der Waals surface area contributed by atoms with Crippen molar-refractivity contribution in [3.63, 3.8) is 0 Å². The third-order valence-corrected chi connectivity index (χ3v) is 2.90. The summed E-state index contributed by atoms with van der Waals surface area (Å²) >= 11 is 1.63. The summed E-state index contributed by atoms with van der Waals surface area (Å²) in [6, 6.07) is 4.00. The molecule has 0 bridgehead atoms. The Labute approximate surface area is 93.4 Å². The van der Waals surface area contributed by atoms with Crippen LogP contribution in [0.2, 0.25) is 0 Å².